The molecule has 134 valence electrons. The number of hydrogen-bond acceptors (Lipinski definition) is 2. The number of carbonyl (C=O) groups excluding carboxylic acids is 1. The Balaban J connectivity index is 1.98. The Hall–Kier alpha value is -2.36. The Labute approximate surface area is 149 Å². The van der Waals surface area contributed by atoms with Gasteiger partial charge in [0.05, 0.1) is 0 Å². The van der Waals surface area contributed by atoms with Gasteiger partial charge in [-0.1, -0.05) is 38.3 Å². The third kappa shape index (κ3) is 5.59. The fraction of sp³-hybridized carbons (Fsp3) is 0.381. The molecule has 0 atom stereocenters. The van der Waals surface area contributed by atoms with Gasteiger partial charge in [0.25, 0.3) is 5.91 Å². The summed E-state index contributed by atoms with van der Waals surface area (Å²) in [4.78, 5) is 13.3. The van der Waals surface area contributed by atoms with Crippen LogP contribution in [0.2, 0.25) is 0 Å². The van der Waals surface area contributed by atoms with Gasteiger partial charge in [-0.25, -0.2) is 4.39 Å². The molecule has 25 heavy (non-hydrogen) atoms. The number of aryl methyl sites for hydroxylation is 1. The highest BCUT2D eigenvalue weighted by molar-refractivity contribution is 5.94. The van der Waals surface area contributed by atoms with Gasteiger partial charge in [-0.2, -0.15) is 0 Å². The van der Waals surface area contributed by atoms with Crippen molar-refractivity contribution < 1.29 is 13.9 Å². The van der Waals surface area contributed by atoms with E-state index in [1.807, 2.05) is 24.3 Å². The summed E-state index contributed by atoms with van der Waals surface area (Å²) in [5.41, 5.74) is 1.56. The first-order chi connectivity index (χ1) is 12.0. The minimum absolute atomic E-state index is 0.117. The Morgan fingerprint density at radius 3 is 2.36 bits per heavy atom. The average Bonchev–Trinajstić information content (AvgIpc) is 2.61. The molecule has 4 heteroatoms. The van der Waals surface area contributed by atoms with Gasteiger partial charge in [-0.3, -0.25) is 4.79 Å². The second-order valence-electron chi connectivity index (χ2n) is 6.40. The molecule has 0 bridgehead atoms. The maximum atomic E-state index is 14.2. The molecule has 0 radical (unpaired) electrons. The third-order valence-electron chi connectivity index (χ3n) is 4.06. The number of amides is 1. The normalized spacial score (nSPS) is 10.6. The molecule has 2 aromatic carbocycles. The van der Waals surface area contributed by atoms with Crippen LogP contribution in [0.5, 0.6) is 11.5 Å². The summed E-state index contributed by atoms with van der Waals surface area (Å²) < 4.78 is 19.8. The van der Waals surface area contributed by atoms with Crippen LogP contribution in [0.1, 0.15) is 48.5 Å². The average molecular weight is 343 g/mol. The van der Waals surface area contributed by atoms with Crippen molar-refractivity contribution in [2.45, 2.75) is 39.0 Å². The summed E-state index contributed by atoms with van der Waals surface area (Å²) >= 11 is 0. The first-order valence-corrected chi connectivity index (χ1v) is 8.79. The maximum absolute atomic E-state index is 14.2. The van der Waals surface area contributed by atoms with Gasteiger partial charge < -0.3 is 9.64 Å². The summed E-state index contributed by atoms with van der Waals surface area (Å²) in [5, 5.41) is 0. The van der Waals surface area contributed by atoms with Gasteiger partial charge in [-0.05, 0) is 48.7 Å². The van der Waals surface area contributed by atoms with Crippen LogP contribution in [-0.2, 0) is 6.42 Å². The van der Waals surface area contributed by atoms with Gasteiger partial charge in [0.2, 0.25) is 0 Å². The van der Waals surface area contributed by atoms with E-state index in [1.165, 1.54) is 48.3 Å². The minimum atomic E-state index is -0.545. The number of benzene rings is 2. The van der Waals surface area contributed by atoms with Crippen LogP contribution >= 0.6 is 0 Å². The highest BCUT2D eigenvalue weighted by Crippen LogP contribution is 2.26. The maximum Gasteiger partial charge on any atom is 0.253 e. The second kappa shape index (κ2) is 9.21. The molecule has 0 aliphatic carbocycles. The number of unbranched alkanes of at least 4 members (excludes halogenated alkanes) is 3. The van der Waals surface area contributed by atoms with Crippen molar-refractivity contribution in [3.63, 3.8) is 0 Å². The number of hydrogen-bond donors (Lipinski definition) is 0. The van der Waals surface area contributed by atoms with E-state index in [4.69, 9.17) is 4.74 Å². The Morgan fingerprint density at radius 2 is 1.76 bits per heavy atom. The molecule has 0 heterocycles. The van der Waals surface area contributed by atoms with Crippen LogP contribution < -0.4 is 4.74 Å². The highest BCUT2D eigenvalue weighted by atomic mass is 19.1. The van der Waals surface area contributed by atoms with Gasteiger partial charge in [0, 0.05) is 19.7 Å². The molecule has 0 aliphatic rings. The van der Waals surface area contributed by atoms with E-state index >= 15 is 0 Å². The first-order valence-electron chi connectivity index (χ1n) is 8.79. The van der Waals surface area contributed by atoms with Gasteiger partial charge in [0.1, 0.15) is 5.75 Å². The van der Waals surface area contributed by atoms with Crippen molar-refractivity contribution in [3.05, 3.63) is 59.4 Å². The van der Waals surface area contributed by atoms with E-state index in [2.05, 4.69) is 6.92 Å². The second-order valence-corrected chi connectivity index (χ2v) is 6.40. The molecule has 1 amide bonds. The molecular formula is C21H26FNO2. The van der Waals surface area contributed by atoms with Gasteiger partial charge in [0.15, 0.2) is 11.6 Å². The quantitative estimate of drug-likeness (QED) is 0.597. The third-order valence-corrected chi connectivity index (χ3v) is 4.06. The molecule has 2 aromatic rings. The molecule has 2 rings (SSSR count). The molecule has 0 aromatic heterocycles. The first kappa shape index (κ1) is 19.0. The van der Waals surface area contributed by atoms with E-state index < -0.39 is 5.82 Å². The number of nitrogens with zero attached hydrogens (tertiary/aromatic N) is 1. The fourth-order valence-corrected chi connectivity index (χ4v) is 2.58. The van der Waals surface area contributed by atoms with Gasteiger partial charge >= 0.3 is 0 Å². The van der Waals surface area contributed by atoms with Crippen molar-refractivity contribution in [2.75, 3.05) is 14.1 Å². The van der Waals surface area contributed by atoms with Crippen molar-refractivity contribution >= 4 is 5.91 Å². The zero-order valence-electron chi connectivity index (χ0n) is 15.2. The van der Waals surface area contributed by atoms with E-state index in [9.17, 15) is 9.18 Å². The smallest absolute Gasteiger partial charge is 0.253 e. The number of halogens is 1. The lowest BCUT2D eigenvalue weighted by atomic mass is 10.1. The van der Waals surface area contributed by atoms with Gasteiger partial charge in [-0.15, -0.1) is 0 Å². The molecule has 0 aliphatic heterocycles. The lowest BCUT2D eigenvalue weighted by Gasteiger charge is -2.12. The Morgan fingerprint density at radius 1 is 1.04 bits per heavy atom. The van der Waals surface area contributed by atoms with E-state index in [1.54, 1.807) is 20.2 Å². The number of ether oxygens (including phenoxy) is 1. The standard InChI is InChI=1S/C21H26FNO2/c1-4-5-6-7-8-16-9-12-18(13-10-16)25-20-14-11-17(15-19(20)22)21(24)23(2)3/h9-15H,4-8H2,1-3H3. The molecule has 0 saturated heterocycles. The SMILES string of the molecule is CCCCCCc1ccc(Oc2ccc(C(=O)N(C)C)cc2F)cc1. The minimum Gasteiger partial charge on any atom is -0.454 e. The fourth-order valence-electron chi connectivity index (χ4n) is 2.58. The Kier molecular flexibility index (Phi) is 6.99. The van der Waals surface area contributed by atoms with Crippen LogP contribution in [0.15, 0.2) is 42.5 Å². The topological polar surface area (TPSA) is 29.5 Å². The lowest BCUT2D eigenvalue weighted by molar-refractivity contribution is 0.0827. The lowest BCUT2D eigenvalue weighted by Crippen LogP contribution is -2.21. The van der Waals surface area contributed by atoms with Crippen LogP contribution in [0, 0.1) is 5.82 Å². The van der Waals surface area contributed by atoms with Crippen LogP contribution in [-0.4, -0.2) is 24.9 Å². The molecule has 0 N–H and O–H groups in total. The van der Waals surface area contributed by atoms with Crippen LogP contribution in [0.3, 0.4) is 0 Å². The van der Waals surface area contributed by atoms with E-state index in [-0.39, 0.29) is 11.7 Å². The molecule has 0 fully saturated rings. The zero-order chi connectivity index (χ0) is 18.2. The molecule has 0 unspecified atom stereocenters. The monoisotopic (exact) mass is 343 g/mol. The van der Waals surface area contributed by atoms with Crippen LogP contribution in [0.25, 0.3) is 0 Å². The summed E-state index contributed by atoms with van der Waals surface area (Å²) in [6, 6.07) is 12.0. The predicted octanol–water partition coefficient (Wildman–Crippen LogP) is 5.44. The number of carbonyl (C=O) groups is 1. The Bertz CT molecular complexity index is 696. The largest absolute Gasteiger partial charge is 0.454 e. The van der Waals surface area contributed by atoms with Crippen LogP contribution in [0.4, 0.5) is 4.39 Å². The summed E-state index contributed by atoms with van der Waals surface area (Å²) in [6.07, 6.45) is 5.99. The zero-order valence-corrected chi connectivity index (χ0v) is 15.2. The number of rotatable bonds is 8. The summed E-state index contributed by atoms with van der Waals surface area (Å²) in [7, 11) is 3.27. The van der Waals surface area contributed by atoms with Crippen molar-refractivity contribution in [1.82, 2.24) is 4.90 Å². The summed E-state index contributed by atoms with van der Waals surface area (Å²) in [5.74, 6) is -0.0804. The van der Waals surface area contributed by atoms with Crippen molar-refractivity contribution in [1.29, 1.82) is 0 Å². The highest BCUT2D eigenvalue weighted by Gasteiger charge is 2.12. The van der Waals surface area contributed by atoms with Crippen molar-refractivity contribution in [2.24, 2.45) is 0 Å². The van der Waals surface area contributed by atoms with E-state index in [0.717, 1.165) is 6.42 Å². The summed E-state index contributed by atoms with van der Waals surface area (Å²) in [6.45, 7) is 2.20. The molecule has 0 saturated carbocycles. The molecular weight excluding hydrogens is 317 g/mol. The van der Waals surface area contributed by atoms with E-state index in [0.29, 0.717) is 11.3 Å². The molecule has 3 nitrogen and oxygen atoms in total. The van der Waals surface area contributed by atoms with Crippen molar-refractivity contribution in [3.8, 4) is 11.5 Å². The predicted molar refractivity (Wildman–Crippen MR) is 98.8 cm³/mol. The molecule has 0 spiro atoms.